The average molecular weight is 303 g/mol. The second kappa shape index (κ2) is 6.36. The lowest BCUT2D eigenvalue weighted by atomic mass is 10.1. The lowest BCUT2D eigenvalue weighted by Crippen LogP contribution is -2.44. The van der Waals surface area contributed by atoms with Gasteiger partial charge in [0.15, 0.2) is 5.03 Å². The van der Waals surface area contributed by atoms with Gasteiger partial charge in [0.1, 0.15) is 11.9 Å². The highest BCUT2D eigenvalue weighted by Crippen LogP contribution is 2.12. The van der Waals surface area contributed by atoms with Crippen LogP contribution >= 0.6 is 0 Å². The Morgan fingerprint density at radius 1 is 1.50 bits per heavy atom. The first-order valence-electron chi connectivity index (χ1n) is 6.48. The smallest absolute Gasteiger partial charge is 0.322 e. The highest BCUT2D eigenvalue weighted by molar-refractivity contribution is 7.89. The minimum atomic E-state index is -3.93. The number of carboxylic acid groups (broad SMARTS) is 1. The number of sulfonamides is 1. The van der Waals surface area contributed by atoms with E-state index in [1.54, 1.807) is 25.3 Å². The summed E-state index contributed by atoms with van der Waals surface area (Å²) in [7, 11) is -3.93. The molecule has 1 atom stereocenters. The summed E-state index contributed by atoms with van der Waals surface area (Å²) < 4.78 is 28.3. The number of nitrogens with zero attached hydrogens (tertiary/aromatic N) is 2. The maximum absolute atomic E-state index is 12.2. The third-order valence-electron chi connectivity index (χ3n) is 2.91. The van der Waals surface area contributed by atoms with Gasteiger partial charge in [-0.15, -0.1) is 0 Å². The van der Waals surface area contributed by atoms with E-state index >= 15 is 0 Å². The van der Waals surface area contributed by atoms with Crippen LogP contribution < -0.4 is 4.72 Å². The first-order valence-corrected chi connectivity index (χ1v) is 7.96. The Bertz CT molecular complexity index is 578. The summed E-state index contributed by atoms with van der Waals surface area (Å²) in [5.41, 5.74) is 0. The van der Waals surface area contributed by atoms with Gasteiger partial charge >= 0.3 is 5.97 Å². The number of aliphatic carboxylic acids is 1. The Morgan fingerprint density at radius 3 is 2.55 bits per heavy atom. The zero-order chi connectivity index (χ0) is 15.5. The zero-order valence-corrected chi connectivity index (χ0v) is 12.9. The van der Waals surface area contributed by atoms with Crippen LogP contribution in [0.3, 0.4) is 0 Å². The minimum Gasteiger partial charge on any atom is -0.480 e. The number of carboxylic acids is 1. The number of carbonyl (C=O) groups is 1. The van der Waals surface area contributed by atoms with Crippen LogP contribution in [-0.2, 0) is 21.4 Å². The van der Waals surface area contributed by atoms with Gasteiger partial charge in [-0.2, -0.15) is 4.72 Å². The van der Waals surface area contributed by atoms with E-state index in [0.29, 0.717) is 12.4 Å². The van der Waals surface area contributed by atoms with E-state index in [1.165, 1.54) is 6.20 Å². The Labute approximate surface area is 119 Å². The molecule has 20 heavy (non-hydrogen) atoms. The van der Waals surface area contributed by atoms with Crippen LogP contribution in [0.2, 0.25) is 0 Å². The molecule has 8 heteroatoms. The van der Waals surface area contributed by atoms with E-state index in [0.717, 1.165) is 6.42 Å². The van der Waals surface area contributed by atoms with E-state index in [4.69, 9.17) is 5.11 Å². The Hall–Kier alpha value is -1.41. The van der Waals surface area contributed by atoms with Crippen LogP contribution in [-0.4, -0.2) is 35.1 Å². The molecule has 1 aromatic rings. The SMILES string of the molecule is CCCn1cc(S(=O)(=O)N[C@@H](C(=O)O)C(C)C)nc1C. The fourth-order valence-corrected chi connectivity index (χ4v) is 3.12. The lowest BCUT2D eigenvalue weighted by Gasteiger charge is -2.16. The maximum Gasteiger partial charge on any atom is 0.322 e. The van der Waals surface area contributed by atoms with Gasteiger partial charge in [-0.1, -0.05) is 20.8 Å². The van der Waals surface area contributed by atoms with Crippen molar-refractivity contribution >= 4 is 16.0 Å². The summed E-state index contributed by atoms with van der Waals surface area (Å²) in [6.45, 7) is 7.64. The van der Waals surface area contributed by atoms with Crippen molar-refractivity contribution in [2.75, 3.05) is 0 Å². The molecular formula is C12H21N3O4S. The number of aromatic nitrogens is 2. The van der Waals surface area contributed by atoms with Crippen molar-refractivity contribution in [1.82, 2.24) is 14.3 Å². The molecule has 1 aromatic heterocycles. The topological polar surface area (TPSA) is 101 Å². The second-order valence-electron chi connectivity index (χ2n) is 5.00. The maximum atomic E-state index is 12.2. The van der Waals surface area contributed by atoms with E-state index < -0.39 is 22.0 Å². The first-order chi connectivity index (χ1) is 9.19. The molecule has 0 unspecified atom stereocenters. The first kappa shape index (κ1) is 16.6. The molecule has 0 bridgehead atoms. The fraction of sp³-hybridized carbons (Fsp3) is 0.667. The summed E-state index contributed by atoms with van der Waals surface area (Å²) in [6, 6.07) is -1.17. The number of nitrogens with one attached hydrogen (secondary N) is 1. The molecule has 0 radical (unpaired) electrons. The number of aryl methyl sites for hydroxylation is 2. The van der Waals surface area contributed by atoms with Gasteiger partial charge in [-0.05, 0) is 19.3 Å². The van der Waals surface area contributed by atoms with Gasteiger partial charge in [0.2, 0.25) is 0 Å². The molecule has 0 amide bonds. The number of hydrogen-bond donors (Lipinski definition) is 2. The highest BCUT2D eigenvalue weighted by Gasteiger charge is 2.29. The van der Waals surface area contributed by atoms with Crippen molar-refractivity contribution in [3.63, 3.8) is 0 Å². The lowest BCUT2D eigenvalue weighted by molar-refractivity contribution is -0.140. The van der Waals surface area contributed by atoms with Gasteiger partial charge in [-0.3, -0.25) is 4.79 Å². The number of imidazole rings is 1. The van der Waals surface area contributed by atoms with E-state index in [1.807, 2.05) is 6.92 Å². The van der Waals surface area contributed by atoms with Crippen LogP contribution in [0.5, 0.6) is 0 Å². The normalized spacial score (nSPS) is 13.7. The molecule has 0 fully saturated rings. The average Bonchev–Trinajstić information content (AvgIpc) is 2.69. The molecular weight excluding hydrogens is 282 g/mol. The molecule has 0 spiro atoms. The highest BCUT2D eigenvalue weighted by atomic mass is 32.2. The Kier molecular flexibility index (Phi) is 5.29. The predicted octanol–water partition coefficient (Wildman–Crippen LogP) is 0.989. The number of hydrogen-bond acceptors (Lipinski definition) is 4. The van der Waals surface area contributed by atoms with Crippen molar-refractivity contribution in [3.8, 4) is 0 Å². The van der Waals surface area contributed by atoms with Gasteiger partial charge < -0.3 is 9.67 Å². The molecule has 0 aliphatic carbocycles. The largest absolute Gasteiger partial charge is 0.480 e. The van der Waals surface area contributed by atoms with Gasteiger partial charge in [0.25, 0.3) is 10.0 Å². The third-order valence-corrected chi connectivity index (χ3v) is 4.22. The monoisotopic (exact) mass is 303 g/mol. The van der Waals surface area contributed by atoms with Crippen molar-refractivity contribution < 1.29 is 18.3 Å². The molecule has 0 aliphatic heterocycles. The van der Waals surface area contributed by atoms with Crippen molar-refractivity contribution in [2.45, 2.75) is 51.7 Å². The van der Waals surface area contributed by atoms with E-state index in [-0.39, 0.29) is 10.9 Å². The summed E-state index contributed by atoms with van der Waals surface area (Å²) >= 11 is 0. The molecule has 1 heterocycles. The number of rotatable bonds is 7. The molecule has 1 rings (SSSR count). The summed E-state index contributed by atoms with van der Waals surface area (Å²) in [6.07, 6.45) is 2.29. The predicted molar refractivity (Wildman–Crippen MR) is 73.8 cm³/mol. The molecule has 114 valence electrons. The van der Waals surface area contributed by atoms with Crippen molar-refractivity contribution in [2.24, 2.45) is 5.92 Å². The van der Waals surface area contributed by atoms with Gasteiger partial charge in [-0.25, -0.2) is 13.4 Å². The van der Waals surface area contributed by atoms with Gasteiger partial charge in [0, 0.05) is 12.7 Å². The fourth-order valence-electron chi connectivity index (χ4n) is 1.78. The molecule has 0 saturated carbocycles. The standard InChI is InChI=1S/C12H21N3O4S/c1-5-6-15-7-10(13-9(15)4)20(18,19)14-11(8(2)3)12(16)17/h7-8,11,14H,5-6H2,1-4H3,(H,16,17)/t11-/m1/s1. The van der Waals surface area contributed by atoms with Crippen LogP contribution in [0.15, 0.2) is 11.2 Å². The minimum absolute atomic E-state index is 0.143. The molecule has 0 saturated heterocycles. The van der Waals surface area contributed by atoms with E-state index in [2.05, 4.69) is 9.71 Å². The van der Waals surface area contributed by atoms with Crippen molar-refractivity contribution in [3.05, 3.63) is 12.0 Å². The Balaban J connectivity index is 3.04. The zero-order valence-electron chi connectivity index (χ0n) is 12.1. The van der Waals surface area contributed by atoms with Crippen LogP contribution in [0.4, 0.5) is 0 Å². The van der Waals surface area contributed by atoms with Crippen LogP contribution in [0.1, 0.15) is 33.0 Å². The van der Waals surface area contributed by atoms with Crippen LogP contribution in [0.25, 0.3) is 0 Å². The Morgan fingerprint density at radius 2 is 2.10 bits per heavy atom. The van der Waals surface area contributed by atoms with Crippen molar-refractivity contribution in [1.29, 1.82) is 0 Å². The molecule has 0 aliphatic rings. The van der Waals surface area contributed by atoms with E-state index in [9.17, 15) is 13.2 Å². The van der Waals surface area contributed by atoms with Crippen LogP contribution in [0, 0.1) is 12.8 Å². The quantitative estimate of drug-likeness (QED) is 0.782. The molecule has 7 nitrogen and oxygen atoms in total. The van der Waals surface area contributed by atoms with Gasteiger partial charge in [0.05, 0.1) is 0 Å². The molecule has 0 aromatic carbocycles. The second-order valence-corrected chi connectivity index (χ2v) is 6.66. The summed E-state index contributed by atoms with van der Waals surface area (Å²) in [5, 5.41) is 8.90. The summed E-state index contributed by atoms with van der Waals surface area (Å²) in [4.78, 5) is 15.1. The molecule has 2 N–H and O–H groups in total. The third kappa shape index (κ3) is 3.80. The summed E-state index contributed by atoms with van der Waals surface area (Å²) in [5.74, 6) is -0.974.